The van der Waals surface area contributed by atoms with E-state index in [1.807, 2.05) is 10.9 Å². The third-order valence-electron chi connectivity index (χ3n) is 3.62. The van der Waals surface area contributed by atoms with E-state index in [0.717, 1.165) is 38.2 Å². The van der Waals surface area contributed by atoms with Gasteiger partial charge in [-0.15, -0.1) is 0 Å². The van der Waals surface area contributed by atoms with Crippen molar-refractivity contribution in [2.24, 2.45) is 5.92 Å². The number of amides is 1. The quantitative estimate of drug-likeness (QED) is 0.865. The second-order valence-electron chi connectivity index (χ2n) is 4.84. The van der Waals surface area contributed by atoms with E-state index >= 15 is 0 Å². The Labute approximate surface area is 100 Å². The minimum atomic E-state index is 0.137. The van der Waals surface area contributed by atoms with Crippen LogP contribution < -0.4 is 5.32 Å². The summed E-state index contributed by atoms with van der Waals surface area (Å²) in [4.78, 5) is 11.8. The largest absolute Gasteiger partial charge is 0.379 e. The van der Waals surface area contributed by atoms with E-state index in [1.165, 1.54) is 6.42 Å². The maximum atomic E-state index is 11.8. The molecule has 2 aliphatic rings. The predicted molar refractivity (Wildman–Crippen MR) is 62.7 cm³/mol. The molecule has 5 heteroatoms. The maximum absolute atomic E-state index is 11.8. The van der Waals surface area contributed by atoms with Gasteiger partial charge in [-0.3, -0.25) is 9.48 Å². The first-order valence-corrected chi connectivity index (χ1v) is 6.26. The number of aromatic nitrogens is 2. The summed E-state index contributed by atoms with van der Waals surface area (Å²) in [6.07, 6.45) is 7.84. The topological polar surface area (TPSA) is 56.2 Å². The number of nitrogens with zero attached hydrogens (tertiary/aromatic N) is 2. The first-order chi connectivity index (χ1) is 8.33. The molecule has 1 atom stereocenters. The van der Waals surface area contributed by atoms with Crippen LogP contribution in [0.25, 0.3) is 0 Å². The monoisotopic (exact) mass is 235 g/mol. The van der Waals surface area contributed by atoms with Gasteiger partial charge >= 0.3 is 0 Å². The molecule has 3 rings (SSSR count). The van der Waals surface area contributed by atoms with Crippen LogP contribution in [0.4, 0.5) is 5.69 Å². The molecular formula is C12H17N3O2. The molecule has 17 heavy (non-hydrogen) atoms. The summed E-state index contributed by atoms with van der Waals surface area (Å²) >= 11 is 0. The van der Waals surface area contributed by atoms with Crippen molar-refractivity contribution in [3.63, 3.8) is 0 Å². The van der Waals surface area contributed by atoms with Crippen LogP contribution in [-0.2, 0) is 9.53 Å². The highest BCUT2D eigenvalue weighted by atomic mass is 16.5. The maximum Gasteiger partial charge on any atom is 0.227 e. The highest BCUT2D eigenvalue weighted by Crippen LogP contribution is 2.27. The van der Waals surface area contributed by atoms with Gasteiger partial charge in [-0.05, 0) is 19.3 Å². The molecule has 0 spiro atoms. The Balaban J connectivity index is 1.61. The Morgan fingerprint density at radius 2 is 2.35 bits per heavy atom. The Kier molecular flexibility index (Phi) is 2.84. The van der Waals surface area contributed by atoms with E-state index in [9.17, 15) is 4.79 Å². The number of carbonyl (C=O) groups excluding carboxylic acids is 1. The zero-order chi connectivity index (χ0) is 11.7. The van der Waals surface area contributed by atoms with Gasteiger partial charge in [0.2, 0.25) is 5.91 Å². The minimum Gasteiger partial charge on any atom is -0.379 e. The van der Waals surface area contributed by atoms with Gasteiger partial charge in [0.25, 0.3) is 0 Å². The predicted octanol–water partition coefficient (Wildman–Crippen LogP) is 1.58. The second-order valence-corrected chi connectivity index (χ2v) is 4.84. The molecule has 1 aliphatic carbocycles. The van der Waals surface area contributed by atoms with Crippen molar-refractivity contribution >= 4 is 11.6 Å². The summed E-state index contributed by atoms with van der Waals surface area (Å²) in [5.41, 5.74) is 0.800. The summed E-state index contributed by atoms with van der Waals surface area (Å²) in [5.74, 6) is 0.353. The van der Waals surface area contributed by atoms with E-state index in [4.69, 9.17) is 4.74 Å². The van der Waals surface area contributed by atoms with Gasteiger partial charge in [0.15, 0.2) is 0 Å². The van der Waals surface area contributed by atoms with Crippen molar-refractivity contribution in [2.75, 3.05) is 18.5 Å². The molecule has 1 aromatic heterocycles. The molecule has 1 saturated carbocycles. The van der Waals surface area contributed by atoms with Crippen molar-refractivity contribution in [1.29, 1.82) is 0 Å². The average Bonchev–Trinajstić information content (AvgIpc) is 2.82. The highest BCUT2D eigenvalue weighted by molar-refractivity contribution is 5.92. The van der Waals surface area contributed by atoms with Gasteiger partial charge in [0.1, 0.15) is 0 Å². The number of carbonyl (C=O) groups is 1. The molecule has 2 fully saturated rings. The van der Waals surface area contributed by atoms with Crippen LogP contribution >= 0.6 is 0 Å². The number of hydrogen-bond acceptors (Lipinski definition) is 3. The van der Waals surface area contributed by atoms with Crippen molar-refractivity contribution in [3.8, 4) is 0 Å². The average molecular weight is 235 g/mol. The molecule has 1 N–H and O–H groups in total. The Morgan fingerprint density at radius 1 is 1.47 bits per heavy atom. The van der Waals surface area contributed by atoms with Gasteiger partial charge in [-0.25, -0.2) is 0 Å². The number of anilines is 1. The van der Waals surface area contributed by atoms with E-state index < -0.39 is 0 Å². The lowest BCUT2D eigenvalue weighted by atomic mass is 9.85. The van der Waals surface area contributed by atoms with Crippen LogP contribution in [0.2, 0.25) is 0 Å². The molecule has 5 nitrogen and oxygen atoms in total. The van der Waals surface area contributed by atoms with Crippen LogP contribution in [0, 0.1) is 5.92 Å². The lowest BCUT2D eigenvalue weighted by molar-refractivity contribution is -0.122. The molecule has 1 saturated heterocycles. The van der Waals surface area contributed by atoms with Gasteiger partial charge in [-0.1, -0.05) is 6.42 Å². The second kappa shape index (κ2) is 4.49. The fourth-order valence-electron chi connectivity index (χ4n) is 2.25. The minimum absolute atomic E-state index is 0.137. The van der Waals surface area contributed by atoms with Crippen LogP contribution in [0.3, 0.4) is 0 Å². The molecule has 0 bridgehead atoms. The Morgan fingerprint density at radius 3 is 3.00 bits per heavy atom. The summed E-state index contributed by atoms with van der Waals surface area (Å²) in [7, 11) is 0. The number of rotatable bonds is 3. The number of nitrogens with one attached hydrogen (secondary N) is 1. The SMILES string of the molecule is O=C(Nc1cnn(C2CCOC2)c1)C1CCC1. The standard InChI is InChI=1S/C12H17N3O2/c16-12(9-2-1-3-9)14-10-6-13-15(7-10)11-4-5-17-8-11/h6-7,9,11H,1-5,8H2,(H,14,16). The molecule has 2 heterocycles. The fourth-order valence-corrected chi connectivity index (χ4v) is 2.25. The normalized spacial score (nSPS) is 24.6. The molecule has 92 valence electrons. The molecular weight excluding hydrogens is 218 g/mol. The molecule has 1 aliphatic heterocycles. The van der Waals surface area contributed by atoms with Crippen molar-refractivity contribution in [3.05, 3.63) is 12.4 Å². The molecule has 0 aromatic carbocycles. The zero-order valence-corrected chi connectivity index (χ0v) is 9.76. The number of hydrogen-bond donors (Lipinski definition) is 1. The molecule has 1 unspecified atom stereocenters. The zero-order valence-electron chi connectivity index (χ0n) is 9.76. The Bertz CT molecular complexity index is 406. The lowest BCUT2D eigenvalue weighted by Crippen LogP contribution is -2.27. The van der Waals surface area contributed by atoms with E-state index in [0.29, 0.717) is 6.04 Å². The fraction of sp³-hybridized carbons (Fsp3) is 0.667. The number of ether oxygens (including phenoxy) is 1. The molecule has 1 amide bonds. The molecule has 0 radical (unpaired) electrons. The highest BCUT2D eigenvalue weighted by Gasteiger charge is 2.25. The summed E-state index contributed by atoms with van der Waals surface area (Å²) in [6, 6.07) is 0.323. The van der Waals surface area contributed by atoms with Crippen LogP contribution in [-0.4, -0.2) is 28.9 Å². The third-order valence-corrected chi connectivity index (χ3v) is 3.62. The van der Waals surface area contributed by atoms with Crippen molar-refractivity contribution < 1.29 is 9.53 Å². The van der Waals surface area contributed by atoms with Gasteiger partial charge < -0.3 is 10.1 Å². The van der Waals surface area contributed by atoms with Crippen molar-refractivity contribution in [1.82, 2.24) is 9.78 Å². The van der Waals surface area contributed by atoms with Gasteiger partial charge in [-0.2, -0.15) is 5.10 Å². The third kappa shape index (κ3) is 2.20. The van der Waals surface area contributed by atoms with Gasteiger partial charge in [0, 0.05) is 18.7 Å². The summed E-state index contributed by atoms with van der Waals surface area (Å²) in [5, 5.41) is 7.20. The Hall–Kier alpha value is -1.36. The van der Waals surface area contributed by atoms with E-state index in [1.54, 1.807) is 6.20 Å². The van der Waals surface area contributed by atoms with E-state index in [2.05, 4.69) is 10.4 Å². The summed E-state index contributed by atoms with van der Waals surface area (Å²) in [6.45, 7) is 1.52. The van der Waals surface area contributed by atoms with Crippen LogP contribution in [0.15, 0.2) is 12.4 Å². The van der Waals surface area contributed by atoms with Crippen molar-refractivity contribution in [2.45, 2.75) is 31.7 Å². The molecule has 1 aromatic rings. The van der Waals surface area contributed by atoms with Crippen LogP contribution in [0.1, 0.15) is 31.7 Å². The first kappa shape index (κ1) is 10.8. The van der Waals surface area contributed by atoms with Crippen LogP contribution in [0.5, 0.6) is 0 Å². The van der Waals surface area contributed by atoms with Gasteiger partial charge in [0.05, 0.1) is 24.5 Å². The lowest BCUT2D eigenvalue weighted by Gasteiger charge is -2.23. The smallest absolute Gasteiger partial charge is 0.227 e. The first-order valence-electron chi connectivity index (χ1n) is 6.26. The summed E-state index contributed by atoms with van der Waals surface area (Å²) < 4.78 is 7.21. The van der Waals surface area contributed by atoms with E-state index in [-0.39, 0.29) is 11.8 Å².